The van der Waals surface area contributed by atoms with Crippen LogP contribution in [0.4, 0.5) is 5.69 Å². The lowest BCUT2D eigenvalue weighted by Crippen LogP contribution is -2.31. The zero-order valence-electron chi connectivity index (χ0n) is 18.4. The number of aryl methyl sites for hydroxylation is 2. The Morgan fingerprint density at radius 3 is 2.75 bits per heavy atom. The number of carbonyl (C=O) groups excluding carboxylic acids is 1. The van der Waals surface area contributed by atoms with Crippen LogP contribution in [-0.4, -0.2) is 28.1 Å². The normalized spacial score (nSPS) is 13.3. The lowest BCUT2D eigenvalue weighted by molar-refractivity contribution is -0.113. The molecule has 0 saturated carbocycles. The van der Waals surface area contributed by atoms with Crippen LogP contribution in [0.1, 0.15) is 33.5 Å². The van der Waals surface area contributed by atoms with Gasteiger partial charge in [-0.25, -0.2) is 4.98 Å². The van der Waals surface area contributed by atoms with E-state index in [4.69, 9.17) is 4.98 Å². The van der Waals surface area contributed by atoms with Gasteiger partial charge in [0.25, 0.3) is 0 Å². The molecule has 0 spiro atoms. The third-order valence-corrected chi connectivity index (χ3v) is 6.57. The van der Waals surface area contributed by atoms with Crippen molar-refractivity contribution in [2.45, 2.75) is 38.4 Å². The maximum absolute atomic E-state index is 12.5. The van der Waals surface area contributed by atoms with Crippen LogP contribution in [0.2, 0.25) is 0 Å². The first kappa shape index (κ1) is 22.1. The first-order valence-electron chi connectivity index (χ1n) is 10.7. The van der Waals surface area contributed by atoms with Crippen molar-refractivity contribution in [2.75, 3.05) is 17.6 Å². The highest BCUT2D eigenvalue weighted by Gasteiger charge is 2.21. The Morgan fingerprint density at radius 1 is 1.19 bits per heavy atom. The van der Waals surface area contributed by atoms with Gasteiger partial charge in [-0.15, -0.1) is 0 Å². The zero-order valence-corrected chi connectivity index (χ0v) is 19.2. The molecule has 0 fully saturated rings. The number of nitrogens with one attached hydrogen (secondary N) is 1. The summed E-state index contributed by atoms with van der Waals surface area (Å²) in [7, 11) is 0. The van der Waals surface area contributed by atoms with Crippen LogP contribution in [0, 0.1) is 25.2 Å². The van der Waals surface area contributed by atoms with E-state index in [2.05, 4.69) is 40.6 Å². The molecule has 0 saturated heterocycles. The highest BCUT2D eigenvalue weighted by molar-refractivity contribution is 8.00. The van der Waals surface area contributed by atoms with Crippen molar-refractivity contribution in [3.05, 3.63) is 88.1 Å². The van der Waals surface area contributed by atoms with E-state index in [9.17, 15) is 10.1 Å². The molecule has 0 bridgehead atoms. The minimum atomic E-state index is -0.0978. The predicted octanol–water partition coefficient (Wildman–Crippen LogP) is 4.86. The number of thioether (sulfide) groups is 1. The highest BCUT2D eigenvalue weighted by Crippen LogP contribution is 2.27. The number of aromatic nitrogens is 1. The van der Waals surface area contributed by atoms with E-state index in [1.165, 1.54) is 17.3 Å². The standard InChI is InChI=1S/C26H26N4OS/c1-18-8-9-23(19(2)12-18)28-25(31)17-32-26-21(14-27)13-22-16-30(11-10-24(22)29-26)15-20-6-4-3-5-7-20/h3-9,12-13H,10-11,15-17H2,1-2H3,(H,28,31). The molecule has 1 N–H and O–H groups in total. The van der Waals surface area contributed by atoms with Crippen molar-refractivity contribution in [1.82, 2.24) is 9.88 Å². The second-order valence-corrected chi connectivity index (χ2v) is 9.12. The SMILES string of the molecule is Cc1ccc(NC(=O)CSc2nc3c(cc2C#N)CN(Cc2ccccc2)CC3)c(C)c1. The van der Waals surface area contributed by atoms with Crippen molar-refractivity contribution in [1.29, 1.82) is 5.26 Å². The summed E-state index contributed by atoms with van der Waals surface area (Å²) in [5.41, 5.74) is 6.97. The molecule has 0 aliphatic carbocycles. The van der Waals surface area contributed by atoms with E-state index < -0.39 is 0 Å². The number of rotatable bonds is 6. The van der Waals surface area contributed by atoms with Crippen molar-refractivity contribution < 1.29 is 4.79 Å². The van der Waals surface area contributed by atoms with Crippen molar-refractivity contribution in [2.24, 2.45) is 0 Å². The Kier molecular flexibility index (Phi) is 6.89. The van der Waals surface area contributed by atoms with Crippen molar-refractivity contribution >= 4 is 23.4 Å². The van der Waals surface area contributed by atoms with Crippen LogP contribution in [0.15, 0.2) is 59.6 Å². The van der Waals surface area contributed by atoms with E-state index >= 15 is 0 Å². The molecule has 1 aromatic heterocycles. The molecule has 3 aromatic rings. The van der Waals surface area contributed by atoms with Gasteiger partial charge >= 0.3 is 0 Å². The number of hydrogen-bond donors (Lipinski definition) is 1. The molecule has 0 unspecified atom stereocenters. The topological polar surface area (TPSA) is 69.0 Å². The maximum atomic E-state index is 12.5. The molecule has 4 rings (SSSR count). The third kappa shape index (κ3) is 5.37. The molecule has 6 heteroatoms. The Morgan fingerprint density at radius 2 is 2.00 bits per heavy atom. The molecule has 5 nitrogen and oxygen atoms in total. The first-order chi connectivity index (χ1) is 15.5. The number of amides is 1. The summed E-state index contributed by atoms with van der Waals surface area (Å²) < 4.78 is 0. The van der Waals surface area contributed by atoms with Crippen LogP contribution >= 0.6 is 11.8 Å². The molecule has 1 aliphatic rings. The summed E-state index contributed by atoms with van der Waals surface area (Å²) in [6.07, 6.45) is 0.843. The van der Waals surface area contributed by atoms with Gasteiger partial charge < -0.3 is 5.32 Å². The van der Waals surface area contributed by atoms with Gasteiger partial charge in [0.1, 0.15) is 11.1 Å². The summed E-state index contributed by atoms with van der Waals surface area (Å²) in [4.78, 5) is 19.6. The number of fused-ring (bicyclic) bond motifs is 1. The minimum absolute atomic E-state index is 0.0978. The number of pyridine rings is 1. The van der Waals surface area contributed by atoms with Gasteiger partial charge in [-0.2, -0.15) is 5.26 Å². The number of anilines is 1. The molecule has 0 radical (unpaired) electrons. The molecule has 2 heterocycles. The summed E-state index contributed by atoms with van der Waals surface area (Å²) in [6.45, 7) is 6.61. The first-order valence-corrected chi connectivity index (χ1v) is 11.7. The monoisotopic (exact) mass is 442 g/mol. The zero-order chi connectivity index (χ0) is 22.5. The summed E-state index contributed by atoms with van der Waals surface area (Å²) in [5.74, 6) is 0.118. The second-order valence-electron chi connectivity index (χ2n) is 8.16. The second kappa shape index (κ2) is 9.99. The molecule has 32 heavy (non-hydrogen) atoms. The van der Waals surface area contributed by atoms with E-state index in [1.54, 1.807) is 0 Å². The molecule has 2 aromatic carbocycles. The van der Waals surface area contributed by atoms with E-state index in [-0.39, 0.29) is 11.7 Å². The van der Waals surface area contributed by atoms with Crippen molar-refractivity contribution in [3.63, 3.8) is 0 Å². The Labute approximate surface area is 193 Å². The molecule has 1 amide bonds. The van der Waals surface area contributed by atoms with Crippen LogP contribution in [0.25, 0.3) is 0 Å². The molecule has 162 valence electrons. The van der Waals surface area contributed by atoms with Gasteiger partial charge in [0.15, 0.2) is 0 Å². The number of carbonyl (C=O) groups is 1. The smallest absolute Gasteiger partial charge is 0.234 e. The largest absolute Gasteiger partial charge is 0.325 e. The maximum Gasteiger partial charge on any atom is 0.234 e. The molecule has 0 atom stereocenters. The van der Waals surface area contributed by atoms with Crippen LogP contribution in [-0.2, 0) is 24.3 Å². The van der Waals surface area contributed by atoms with Crippen LogP contribution in [0.3, 0.4) is 0 Å². The van der Waals surface area contributed by atoms with E-state index in [0.717, 1.165) is 54.1 Å². The van der Waals surface area contributed by atoms with Gasteiger partial charge in [0.2, 0.25) is 5.91 Å². The lowest BCUT2D eigenvalue weighted by Gasteiger charge is -2.28. The summed E-state index contributed by atoms with van der Waals surface area (Å²) in [5, 5.41) is 13.3. The Bertz CT molecular complexity index is 1170. The van der Waals surface area contributed by atoms with Gasteiger partial charge in [-0.3, -0.25) is 9.69 Å². The third-order valence-electron chi connectivity index (χ3n) is 5.58. The highest BCUT2D eigenvalue weighted by atomic mass is 32.2. The molecule has 1 aliphatic heterocycles. The lowest BCUT2D eigenvalue weighted by atomic mass is 10.0. The fraction of sp³-hybridized carbons (Fsp3) is 0.269. The number of nitrogens with zero attached hydrogens (tertiary/aromatic N) is 3. The number of nitriles is 1. The average molecular weight is 443 g/mol. The van der Waals surface area contributed by atoms with Crippen molar-refractivity contribution in [3.8, 4) is 6.07 Å². The van der Waals surface area contributed by atoms with Gasteiger partial charge in [0, 0.05) is 37.4 Å². The summed E-state index contributed by atoms with van der Waals surface area (Å²) in [6, 6.07) is 20.6. The predicted molar refractivity (Wildman–Crippen MR) is 128 cm³/mol. The van der Waals surface area contributed by atoms with Crippen LogP contribution < -0.4 is 5.32 Å². The van der Waals surface area contributed by atoms with Crippen LogP contribution in [0.5, 0.6) is 0 Å². The number of hydrogen-bond acceptors (Lipinski definition) is 5. The Balaban J connectivity index is 1.41. The Hall–Kier alpha value is -3.14. The fourth-order valence-electron chi connectivity index (χ4n) is 3.95. The average Bonchev–Trinajstić information content (AvgIpc) is 2.79. The molecular formula is C26H26N4OS. The van der Waals surface area contributed by atoms with Gasteiger partial charge in [-0.05, 0) is 42.7 Å². The van der Waals surface area contributed by atoms with E-state index in [0.29, 0.717) is 10.6 Å². The summed E-state index contributed by atoms with van der Waals surface area (Å²) >= 11 is 1.32. The van der Waals surface area contributed by atoms with Gasteiger partial charge in [-0.1, -0.05) is 59.8 Å². The quantitative estimate of drug-likeness (QED) is 0.552. The van der Waals surface area contributed by atoms with Gasteiger partial charge in [0.05, 0.1) is 11.3 Å². The molecular weight excluding hydrogens is 416 g/mol. The van der Waals surface area contributed by atoms with E-state index in [1.807, 2.05) is 44.2 Å². The number of benzene rings is 2. The fourth-order valence-corrected chi connectivity index (χ4v) is 4.73. The minimum Gasteiger partial charge on any atom is -0.325 e.